The number of fused-ring (bicyclic) bond motifs is 1. The zero-order valence-corrected chi connectivity index (χ0v) is 15.0. The van der Waals surface area contributed by atoms with E-state index in [2.05, 4.69) is 5.32 Å². The lowest BCUT2D eigenvalue weighted by Gasteiger charge is -2.04. The fourth-order valence-electron chi connectivity index (χ4n) is 3.22. The average molecular weight is 373 g/mol. The fraction of sp³-hybridized carbons (Fsp3) is 0.0435. The van der Waals surface area contributed by atoms with Crippen LogP contribution in [0.2, 0.25) is 0 Å². The topological polar surface area (TPSA) is 59.3 Å². The maximum absolute atomic E-state index is 13.3. The number of benzene rings is 3. The molecule has 4 rings (SSSR count). The van der Waals surface area contributed by atoms with Crippen LogP contribution in [0.25, 0.3) is 33.4 Å². The summed E-state index contributed by atoms with van der Waals surface area (Å²) < 4.78 is 19.2. The predicted molar refractivity (Wildman–Crippen MR) is 106 cm³/mol. The molecule has 1 heterocycles. The van der Waals surface area contributed by atoms with Crippen molar-refractivity contribution in [3.05, 3.63) is 83.7 Å². The Morgan fingerprint density at radius 2 is 1.68 bits per heavy atom. The van der Waals surface area contributed by atoms with Gasteiger partial charge < -0.3 is 9.73 Å². The van der Waals surface area contributed by atoms with Gasteiger partial charge in [-0.3, -0.25) is 9.59 Å². The summed E-state index contributed by atoms with van der Waals surface area (Å²) in [5.41, 5.74) is 3.83. The van der Waals surface area contributed by atoms with Crippen molar-refractivity contribution in [3.8, 4) is 22.5 Å². The Hall–Kier alpha value is -3.73. The van der Waals surface area contributed by atoms with Crippen molar-refractivity contribution < 1.29 is 18.4 Å². The van der Waals surface area contributed by atoms with Gasteiger partial charge in [-0.15, -0.1) is 0 Å². The summed E-state index contributed by atoms with van der Waals surface area (Å²) in [6, 6.07) is 18.6. The van der Waals surface area contributed by atoms with Crippen LogP contribution >= 0.6 is 0 Å². The number of halogens is 1. The number of furan rings is 1. The molecule has 28 heavy (non-hydrogen) atoms. The largest absolute Gasteiger partial charge is 0.455 e. The third-order valence-corrected chi connectivity index (χ3v) is 4.60. The van der Waals surface area contributed by atoms with Crippen LogP contribution in [0.3, 0.4) is 0 Å². The molecular formula is C23H16FNO3. The second kappa shape index (κ2) is 7.12. The van der Waals surface area contributed by atoms with E-state index in [9.17, 15) is 14.0 Å². The second-order valence-electron chi connectivity index (χ2n) is 6.35. The smallest absolute Gasteiger partial charge is 0.255 e. The van der Waals surface area contributed by atoms with Crippen molar-refractivity contribution in [3.63, 3.8) is 0 Å². The van der Waals surface area contributed by atoms with Gasteiger partial charge in [0.05, 0.1) is 5.56 Å². The monoisotopic (exact) mass is 373 g/mol. The highest BCUT2D eigenvalue weighted by Gasteiger charge is 2.22. The van der Waals surface area contributed by atoms with E-state index >= 15 is 0 Å². The number of amides is 1. The summed E-state index contributed by atoms with van der Waals surface area (Å²) in [4.78, 5) is 23.7. The van der Waals surface area contributed by atoms with E-state index < -0.39 is 0 Å². The summed E-state index contributed by atoms with van der Waals surface area (Å²) in [6.45, 7) is 0. The standard InChI is InChI=1S/C23H16FNO3/c1-25-23(27)21-19-12-17(16-4-2-3-14(11-16)13-26)7-10-20(19)28-22(21)15-5-8-18(24)9-6-15/h2-13H,1H3,(H,25,27). The molecule has 0 saturated carbocycles. The third-order valence-electron chi connectivity index (χ3n) is 4.60. The van der Waals surface area contributed by atoms with Crippen LogP contribution in [-0.2, 0) is 0 Å². The van der Waals surface area contributed by atoms with Crippen LogP contribution in [0.4, 0.5) is 4.39 Å². The van der Waals surface area contributed by atoms with Gasteiger partial charge in [0, 0.05) is 23.6 Å². The van der Waals surface area contributed by atoms with Crippen molar-refractivity contribution in [2.75, 3.05) is 7.05 Å². The zero-order valence-electron chi connectivity index (χ0n) is 15.0. The molecule has 1 aromatic heterocycles. The third kappa shape index (κ3) is 3.07. The average Bonchev–Trinajstić information content (AvgIpc) is 3.12. The summed E-state index contributed by atoms with van der Waals surface area (Å²) in [5, 5.41) is 3.29. The normalized spacial score (nSPS) is 10.8. The summed E-state index contributed by atoms with van der Waals surface area (Å²) >= 11 is 0. The Bertz CT molecular complexity index is 1190. The minimum atomic E-state index is -0.362. The van der Waals surface area contributed by atoms with Crippen LogP contribution in [-0.4, -0.2) is 19.2 Å². The molecule has 0 radical (unpaired) electrons. The number of nitrogens with one attached hydrogen (secondary N) is 1. The minimum Gasteiger partial charge on any atom is -0.455 e. The Balaban J connectivity index is 1.93. The summed E-state index contributed by atoms with van der Waals surface area (Å²) in [6.07, 6.45) is 0.794. The molecule has 0 aliphatic heterocycles. The summed E-state index contributed by atoms with van der Waals surface area (Å²) in [5.74, 6) is -0.274. The maximum Gasteiger partial charge on any atom is 0.255 e. The van der Waals surface area contributed by atoms with Crippen LogP contribution in [0.5, 0.6) is 0 Å². The lowest BCUT2D eigenvalue weighted by Crippen LogP contribution is -2.18. The molecule has 0 atom stereocenters. The number of hydrogen-bond donors (Lipinski definition) is 1. The lowest BCUT2D eigenvalue weighted by molar-refractivity contribution is 0.0964. The first-order valence-corrected chi connectivity index (χ1v) is 8.71. The number of carbonyl (C=O) groups excluding carboxylic acids is 2. The Morgan fingerprint density at radius 1 is 0.964 bits per heavy atom. The molecule has 1 N–H and O–H groups in total. The Morgan fingerprint density at radius 3 is 2.39 bits per heavy atom. The fourth-order valence-corrected chi connectivity index (χ4v) is 3.22. The second-order valence-corrected chi connectivity index (χ2v) is 6.35. The van der Waals surface area contributed by atoms with Crippen molar-refractivity contribution in [2.24, 2.45) is 0 Å². The number of rotatable bonds is 4. The van der Waals surface area contributed by atoms with Gasteiger partial charge in [-0.05, 0) is 53.6 Å². The molecule has 0 saturated heterocycles. The number of aldehydes is 1. The van der Waals surface area contributed by atoms with Gasteiger partial charge in [0.2, 0.25) is 0 Å². The van der Waals surface area contributed by atoms with E-state index in [-0.39, 0.29) is 11.7 Å². The first kappa shape index (κ1) is 17.7. The van der Waals surface area contributed by atoms with Crippen LogP contribution in [0.1, 0.15) is 20.7 Å². The maximum atomic E-state index is 13.3. The zero-order chi connectivity index (χ0) is 19.7. The first-order valence-electron chi connectivity index (χ1n) is 8.71. The van der Waals surface area contributed by atoms with Gasteiger partial charge in [0.1, 0.15) is 23.4 Å². The van der Waals surface area contributed by atoms with E-state index in [4.69, 9.17) is 4.42 Å². The number of carbonyl (C=O) groups is 2. The molecule has 1 amide bonds. The number of hydrogen-bond acceptors (Lipinski definition) is 3. The minimum absolute atomic E-state index is 0.295. The molecule has 138 valence electrons. The molecule has 4 aromatic rings. The van der Waals surface area contributed by atoms with E-state index in [1.165, 1.54) is 12.1 Å². The molecule has 0 aliphatic carbocycles. The molecule has 0 fully saturated rings. The predicted octanol–water partition coefficient (Wildman–Crippen LogP) is 5.08. The Labute approximate surface area is 160 Å². The van der Waals surface area contributed by atoms with Gasteiger partial charge in [-0.2, -0.15) is 0 Å². The highest BCUT2D eigenvalue weighted by Crippen LogP contribution is 2.36. The van der Waals surface area contributed by atoms with E-state index in [0.29, 0.717) is 33.4 Å². The van der Waals surface area contributed by atoms with Crippen LogP contribution in [0.15, 0.2) is 71.1 Å². The van der Waals surface area contributed by atoms with Crippen molar-refractivity contribution in [1.82, 2.24) is 5.32 Å². The molecule has 0 unspecified atom stereocenters. The van der Waals surface area contributed by atoms with Crippen LogP contribution < -0.4 is 5.32 Å². The van der Waals surface area contributed by atoms with E-state index in [1.807, 2.05) is 24.3 Å². The van der Waals surface area contributed by atoms with E-state index in [0.717, 1.165) is 17.4 Å². The van der Waals surface area contributed by atoms with E-state index in [1.54, 1.807) is 37.4 Å². The van der Waals surface area contributed by atoms with Crippen LogP contribution in [0, 0.1) is 5.82 Å². The molecular weight excluding hydrogens is 357 g/mol. The van der Waals surface area contributed by atoms with Crippen molar-refractivity contribution >= 4 is 23.2 Å². The molecule has 0 bridgehead atoms. The SMILES string of the molecule is CNC(=O)c1c(-c2ccc(F)cc2)oc2ccc(-c3cccc(C=O)c3)cc12. The Kier molecular flexibility index (Phi) is 4.49. The molecule has 0 spiro atoms. The quantitative estimate of drug-likeness (QED) is 0.508. The first-order chi connectivity index (χ1) is 13.6. The van der Waals surface area contributed by atoms with Crippen molar-refractivity contribution in [2.45, 2.75) is 0 Å². The van der Waals surface area contributed by atoms with Gasteiger partial charge >= 0.3 is 0 Å². The van der Waals surface area contributed by atoms with Gasteiger partial charge in [-0.1, -0.05) is 24.3 Å². The molecule has 4 nitrogen and oxygen atoms in total. The molecule has 5 heteroatoms. The van der Waals surface area contributed by atoms with Gasteiger partial charge in [-0.25, -0.2) is 4.39 Å². The molecule has 3 aromatic carbocycles. The highest BCUT2D eigenvalue weighted by molar-refractivity contribution is 6.11. The van der Waals surface area contributed by atoms with Crippen molar-refractivity contribution in [1.29, 1.82) is 0 Å². The van der Waals surface area contributed by atoms with Gasteiger partial charge in [0.25, 0.3) is 5.91 Å². The summed E-state index contributed by atoms with van der Waals surface area (Å²) in [7, 11) is 1.55. The molecule has 0 aliphatic rings. The van der Waals surface area contributed by atoms with Gasteiger partial charge in [0.15, 0.2) is 0 Å². The highest BCUT2D eigenvalue weighted by atomic mass is 19.1. The lowest BCUT2D eigenvalue weighted by atomic mass is 9.99.